The zero-order valence-electron chi connectivity index (χ0n) is 17.9. The molecule has 2 amide bonds. The maximum atomic E-state index is 12.4. The molecule has 0 aliphatic carbocycles. The lowest BCUT2D eigenvalue weighted by molar-refractivity contribution is -0.120. The fourth-order valence-electron chi connectivity index (χ4n) is 3.42. The molecule has 0 saturated carbocycles. The van der Waals surface area contributed by atoms with Crippen LogP contribution in [0.1, 0.15) is 67.8 Å². The van der Waals surface area contributed by atoms with E-state index in [2.05, 4.69) is 41.5 Å². The molecule has 29 heavy (non-hydrogen) atoms. The molecule has 3 heterocycles. The Bertz CT molecular complexity index is 878. The van der Waals surface area contributed by atoms with Crippen LogP contribution in [0.15, 0.2) is 11.6 Å². The molecule has 2 aromatic heterocycles. The normalized spacial score (nSPS) is 16.6. The third kappa shape index (κ3) is 5.44. The van der Waals surface area contributed by atoms with Crippen LogP contribution in [0.4, 0.5) is 0 Å². The highest BCUT2D eigenvalue weighted by atomic mass is 32.1. The monoisotopic (exact) mass is 417 g/mol. The van der Waals surface area contributed by atoms with Crippen molar-refractivity contribution < 1.29 is 9.59 Å². The van der Waals surface area contributed by atoms with Crippen molar-refractivity contribution in [3.8, 4) is 0 Å². The quantitative estimate of drug-likeness (QED) is 0.756. The Balaban J connectivity index is 1.54. The molecule has 0 radical (unpaired) electrons. The molecular formula is C21H31N5O2S. The Morgan fingerprint density at radius 1 is 1.34 bits per heavy atom. The van der Waals surface area contributed by atoms with Gasteiger partial charge in [0, 0.05) is 29.9 Å². The molecule has 2 N–H and O–H groups in total. The molecule has 0 aromatic carbocycles. The molecule has 1 aliphatic heterocycles. The van der Waals surface area contributed by atoms with Gasteiger partial charge in [-0.2, -0.15) is 5.10 Å². The van der Waals surface area contributed by atoms with E-state index in [9.17, 15) is 9.59 Å². The highest BCUT2D eigenvalue weighted by Gasteiger charge is 2.26. The van der Waals surface area contributed by atoms with Gasteiger partial charge in [-0.1, -0.05) is 20.8 Å². The number of nitrogens with one attached hydrogen (secondary N) is 2. The average molecular weight is 418 g/mol. The molecule has 7 nitrogen and oxygen atoms in total. The summed E-state index contributed by atoms with van der Waals surface area (Å²) in [7, 11) is 0. The number of hydrogen-bond acceptors (Lipinski definition) is 5. The van der Waals surface area contributed by atoms with Gasteiger partial charge in [0.1, 0.15) is 0 Å². The van der Waals surface area contributed by atoms with Gasteiger partial charge in [0.25, 0.3) is 5.91 Å². The van der Waals surface area contributed by atoms with E-state index in [1.54, 1.807) is 17.5 Å². The number of hydrogen-bond donors (Lipinski definition) is 2. The second-order valence-corrected chi connectivity index (χ2v) is 9.95. The van der Waals surface area contributed by atoms with E-state index in [4.69, 9.17) is 0 Å². The molecule has 0 saturated heterocycles. The van der Waals surface area contributed by atoms with Crippen molar-refractivity contribution in [1.29, 1.82) is 0 Å². The number of carbonyl (C=O) groups is 2. The third-order valence-corrected chi connectivity index (χ3v) is 6.28. The van der Waals surface area contributed by atoms with Crippen LogP contribution in [-0.4, -0.2) is 39.2 Å². The fourth-order valence-corrected chi connectivity index (χ4v) is 4.33. The maximum absolute atomic E-state index is 12.4. The minimum absolute atomic E-state index is 0.00398. The van der Waals surface area contributed by atoms with E-state index in [1.165, 1.54) is 0 Å². The number of amides is 2. The van der Waals surface area contributed by atoms with Crippen molar-refractivity contribution in [2.75, 3.05) is 6.54 Å². The Hall–Kier alpha value is -2.22. The largest absolute Gasteiger partial charge is 0.355 e. The molecule has 158 valence electrons. The van der Waals surface area contributed by atoms with Crippen LogP contribution in [0.25, 0.3) is 0 Å². The SMILES string of the molecule is CC(C)NC(=O)c1cnn2c1CC(CNC(=O)Cc1csc(C(C)(C)C)n1)CC2. The predicted octanol–water partition coefficient (Wildman–Crippen LogP) is 2.70. The van der Waals surface area contributed by atoms with Crippen molar-refractivity contribution in [3.63, 3.8) is 0 Å². The van der Waals surface area contributed by atoms with Gasteiger partial charge in [0.05, 0.1) is 34.6 Å². The summed E-state index contributed by atoms with van der Waals surface area (Å²) >= 11 is 1.61. The number of aryl methyl sites for hydroxylation is 1. The van der Waals surface area contributed by atoms with Crippen LogP contribution < -0.4 is 10.6 Å². The average Bonchev–Trinajstić information content (AvgIpc) is 3.25. The first-order chi connectivity index (χ1) is 13.6. The summed E-state index contributed by atoms with van der Waals surface area (Å²) in [6, 6.07) is 0.0845. The first kappa shape index (κ1) is 21.5. The second-order valence-electron chi connectivity index (χ2n) is 9.09. The highest BCUT2D eigenvalue weighted by molar-refractivity contribution is 7.09. The van der Waals surface area contributed by atoms with Crippen LogP contribution in [0, 0.1) is 5.92 Å². The van der Waals surface area contributed by atoms with Gasteiger partial charge in [-0.25, -0.2) is 4.98 Å². The highest BCUT2D eigenvalue weighted by Crippen LogP contribution is 2.26. The molecular weight excluding hydrogens is 386 g/mol. The number of rotatable bonds is 6. The van der Waals surface area contributed by atoms with Gasteiger partial charge in [-0.3, -0.25) is 14.3 Å². The van der Waals surface area contributed by atoms with Crippen molar-refractivity contribution in [2.24, 2.45) is 5.92 Å². The topological polar surface area (TPSA) is 88.9 Å². The molecule has 1 unspecified atom stereocenters. The summed E-state index contributed by atoms with van der Waals surface area (Å²) in [4.78, 5) is 29.4. The summed E-state index contributed by atoms with van der Waals surface area (Å²) in [6.07, 6.45) is 3.64. The van der Waals surface area contributed by atoms with E-state index in [0.717, 1.165) is 35.8 Å². The van der Waals surface area contributed by atoms with Crippen molar-refractivity contribution in [1.82, 2.24) is 25.4 Å². The van der Waals surface area contributed by atoms with Gasteiger partial charge in [0.15, 0.2) is 0 Å². The molecule has 0 fully saturated rings. The van der Waals surface area contributed by atoms with Gasteiger partial charge in [-0.15, -0.1) is 11.3 Å². The van der Waals surface area contributed by atoms with Crippen LogP contribution in [0.5, 0.6) is 0 Å². The Morgan fingerprint density at radius 3 is 2.76 bits per heavy atom. The predicted molar refractivity (Wildman–Crippen MR) is 114 cm³/mol. The molecule has 2 aromatic rings. The zero-order chi connectivity index (χ0) is 21.2. The first-order valence-electron chi connectivity index (χ1n) is 10.2. The van der Waals surface area contributed by atoms with Gasteiger partial charge >= 0.3 is 0 Å². The zero-order valence-corrected chi connectivity index (χ0v) is 18.7. The summed E-state index contributed by atoms with van der Waals surface area (Å²) in [5.74, 6) is 0.214. The summed E-state index contributed by atoms with van der Waals surface area (Å²) < 4.78 is 1.91. The van der Waals surface area contributed by atoms with Crippen molar-refractivity contribution in [2.45, 2.75) is 71.9 Å². The van der Waals surface area contributed by atoms with Gasteiger partial charge < -0.3 is 10.6 Å². The lowest BCUT2D eigenvalue weighted by atomic mass is 9.94. The molecule has 0 spiro atoms. The number of nitrogens with zero attached hydrogens (tertiary/aromatic N) is 3. The summed E-state index contributed by atoms with van der Waals surface area (Å²) in [5.41, 5.74) is 2.44. The first-order valence-corrected chi connectivity index (χ1v) is 11.1. The van der Waals surface area contributed by atoms with E-state index in [-0.39, 0.29) is 23.3 Å². The minimum atomic E-state index is -0.0795. The van der Waals surface area contributed by atoms with E-state index in [1.807, 2.05) is 23.9 Å². The second kappa shape index (κ2) is 8.65. The smallest absolute Gasteiger partial charge is 0.254 e. The molecule has 0 bridgehead atoms. The fraction of sp³-hybridized carbons (Fsp3) is 0.619. The Morgan fingerprint density at radius 2 is 2.10 bits per heavy atom. The van der Waals surface area contributed by atoms with E-state index >= 15 is 0 Å². The van der Waals surface area contributed by atoms with Gasteiger partial charge in [0.2, 0.25) is 5.91 Å². The van der Waals surface area contributed by atoms with Crippen LogP contribution >= 0.6 is 11.3 Å². The number of carbonyl (C=O) groups excluding carboxylic acids is 2. The number of fused-ring (bicyclic) bond motifs is 1. The number of thiazole rings is 1. The lowest BCUT2D eigenvalue weighted by Gasteiger charge is -2.24. The van der Waals surface area contributed by atoms with E-state index in [0.29, 0.717) is 24.4 Å². The molecule has 8 heteroatoms. The molecule has 1 aliphatic rings. The lowest BCUT2D eigenvalue weighted by Crippen LogP contribution is -2.35. The third-order valence-electron chi connectivity index (χ3n) is 4.97. The number of aromatic nitrogens is 3. The molecule has 1 atom stereocenters. The molecule has 3 rings (SSSR count). The maximum Gasteiger partial charge on any atom is 0.254 e. The van der Waals surface area contributed by atoms with Crippen molar-refractivity contribution in [3.05, 3.63) is 33.5 Å². The van der Waals surface area contributed by atoms with Crippen molar-refractivity contribution >= 4 is 23.2 Å². The van der Waals surface area contributed by atoms with Gasteiger partial charge in [-0.05, 0) is 32.6 Å². The van der Waals surface area contributed by atoms with E-state index < -0.39 is 0 Å². The summed E-state index contributed by atoms with van der Waals surface area (Å²) in [6.45, 7) is 11.6. The Labute approximate surface area is 176 Å². The van der Waals surface area contributed by atoms with Crippen LogP contribution in [0.3, 0.4) is 0 Å². The van der Waals surface area contributed by atoms with Crippen LogP contribution in [0.2, 0.25) is 0 Å². The minimum Gasteiger partial charge on any atom is -0.355 e. The standard InChI is InChI=1S/C21H31N5O2S/c1-13(2)24-19(28)16-11-23-26-7-6-14(8-17(16)26)10-22-18(27)9-15-12-29-20(25-15)21(3,4)5/h11-14H,6-10H2,1-5H3,(H,22,27)(H,24,28). The van der Waals surface area contributed by atoms with Crippen LogP contribution in [-0.2, 0) is 29.6 Å². The summed E-state index contributed by atoms with van der Waals surface area (Å²) in [5, 5.41) is 13.4. The Kier molecular flexibility index (Phi) is 6.41.